The second-order valence-corrected chi connectivity index (χ2v) is 6.07. The van der Waals surface area contributed by atoms with Crippen molar-refractivity contribution in [1.29, 1.82) is 0 Å². The molecule has 0 unspecified atom stereocenters. The minimum Gasteiger partial charge on any atom is -0.350 e. The third-order valence-corrected chi connectivity index (χ3v) is 4.09. The lowest BCUT2D eigenvalue weighted by atomic mass is 10.1. The highest BCUT2D eigenvalue weighted by molar-refractivity contribution is 5.86. The van der Waals surface area contributed by atoms with Gasteiger partial charge in [0.25, 0.3) is 0 Å². The van der Waals surface area contributed by atoms with Crippen molar-refractivity contribution in [3.8, 4) is 0 Å². The molecule has 1 aliphatic heterocycles. The lowest BCUT2D eigenvalue weighted by Gasteiger charge is -2.08. The van der Waals surface area contributed by atoms with Crippen LogP contribution in [0.4, 0.5) is 4.39 Å². The summed E-state index contributed by atoms with van der Waals surface area (Å²) in [6, 6.07) is 12.0. The zero-order chi connectivity index (χ0) is 17.6. The van der Waals surface area contributed by atoms with Crippen LogP contribution in [0.3, 0.4) is 0 Å². The fraction of sp³-hybridized carbons (Fsp3) is 0.263. The Bertz CT molecular complexity index is 798. The molecule has 0 saturated heterocycles. The summed E-state index contributed by atoms with van der Waals surface area (Å²) in [5, 5.41) is 8.61. The van der Waals surface area contributed by atoms with Crippen molar-refractivity contribution < 1.29 is 14.0 Å². The molecule has 0 bridgehead atoms. The van der Waals surface area contributed by atoms with Crippen LogP contribution in [0.1, 0.15) is 22.3 Å². The molecule has 1 aliphatic rings. The van der Waals surface area contributed by atoms with Gasteiger partial charge in [-0.15, -0.1) is 12.4 Å². The molecule has 2 aromatic rings. The Kier molecular flexibility index (Phi) is 7.12. The van der Waals surface area contributed by atoms with E-state index in [0.29, 0.717) is 12.1 Å². The zero-order valence-electron chi connectivity index (χ0n) is 14.2. The number of carbonyl (C=O) groups excluding carboxylic acids is 2. The minimum atomic E-state index is -0.382. The molecule has 5 nitrogen and oxygen atoms in total. The van der Waals surface area contributed by atoms with E-state index in [9.17, 15) is 14.0 Å². The normalized spacial score (nSPS) is 12.0. The maximum Gasteiger partial charge on any atom is 0.239 e. The standard InChI is InChI=1S/C19H20FN3O2.ClH/c20-17-3-1-2-13(7-17)8-18(24)23-12-19(25)22-9-14-4-5-15-10-21-11-16(15)6-14;/h1-7,21H,8-12H2,(H,22,25)(H,23,24);1H. The Morgan fingerprint density at radius 3 is 2.58 bits per heavy atom. The monoisotopic (exact) mass is 377 g/mol. The average molecular weight is 378 g/mol. The van der Waals surface area contributed by atoms with E-state index in [1.807, 2.05) is 6.07 Å². The zero-order valence-corrected chi connectivity index (χ0v) is 15.0. The number of rotatable bonds is 6. The van der Waals surface area contributed by atoms with Crippen LogP contribution >= 0.6 is 12.4 Å². The average Bonchev–Trinajstić information content (AvgIpc) is 3.06. The van der Waals surface area contributed by atoms with Gasteiger partial charge in [-0.25, -0.2) is 4.39 Å². The van der Waals surface area contributed by atoms with E-state index in [4.69, 9.17) is 0 Å². The molecule has 3 N–H and O–H groups in total. The fourth-order valence-corrected chi connectivity index (χ4v) is 2.79. The third kappa shape index (κ3) is 5.54. The molecule has 2 aromatic carbocycles. The Morgan fingerprint density at radius 2 is 1.77 bits per heavy atom. The van der Waals surface area contributed by atoms with E-state index < -0.39 is 0 Å². The smallest absolute Gasteiger partial charge is 0.239 e. The van der Waals surface area contributed by atoms with Crippen LogP contribution in [0.25, 0.3) is 0 Å². The molecule has 3 rings (SSSR count). The summed E-state index contributed by atoms with van der Waals surface area (Å²) in [6.07, 6.45) is 0.0445. The van der Waals surface area contributed by atoms with E-state index in [1.165, 1.54) is 23.3 Å². The van der Waals surface area contributed by atoms with Gasteiger partial charge in [-0.05, 0) is 34.4 Å². The Labute approximate surface area is 157 Å². The number of benzene rings is 2. The minimum absolute atomic E-state index is 0. The van der Waals surface area contributed by atoms with Gasteiger partial charge in [0.15, 0.2) is 0 Å². The summed E-state index contributed by atoms with van der Waals surface area (Å²) in [6.45, 7) is 2.07. The lowest BCUT2D eigenvalue weighted by Crippen LogP contribution is -2.37. The van der Waals surface area contributed by atoms with Crippen LogP contribution in [0.2, 0.25) is 0 Å². The van der Waals surface area contributed by atoms with Gasteiger partial charge in [0.05, 0.1) is 13.0 Å². The summed E-state index contributed by atoms with van der Waals surface area (Å²) in [5.74, 6) is -0.955. The highest BCUT2D eigenvalue weighted by Gasteiger charge is 2.11. The number of hydrogen-bond donors (Lipinski definition) is 3. The van der Waals surface area contributed by atoms with Crippen LogP contribution in [0.5, 0.6) is 0 Å². The first-order valence-electron chi connectivity index (χ1n) is 8.19. The van der Waals surface area contributed by atoms with Crippen LogP contribution in [-0.4, -0.2) is 18.4 Å². The number of amides is 2. The van der Waals surface area contributed by atoms with Gasteiger partial charge in [-0.2, -0.15) is 0 Å². The molecule has 0 radical (unpaired) electrons. The number of halogens is 2. The molecule has 138 valence electrons. The van der Waals surface area contributed by atoms with Gasteiger partial charge in [0.2, 0.25) is 11.8 Å². The third-order valence-electron chi connectivity index (χ3n) is 4.09. The lowest BCUT2D eigenvalue weighted by molar-refractivity contribution is -0.125. The first kappa shape index (κ1) is 19.9. The van der Waals surface area contributed by atoms with Crippen molar-refractivity contribution in [3.05, 3.63) is 70.5 Å². The van der Waals surface area contributed by atoms with E-state index in [0.717, 1.165) is 18.7 Å². The Hall–Kier alpha value is -2.44. The van der Waals surface area contributed by atoms with Crippen LogP contribution < -0.4 is 16.0 Å². The van der Waals surface area contributed by atoms with Gasteiger partial charge in [-0.3, -0.25) is 9.59 Å². The number of fused-ring (bicyclic) bond motifs is 1. The van der Waals surface area contributed by atoms with Crippen molar-refractivity contribution in [2.75, 3.05) is 6.54 Å². The summed E-state index contributed by atoms with van der Waals surface area (Å²) < 4.78 is 13.1. The first-order valence-corrected chi connectivity index (χ1v) is 8.19. The molecule has 0 aromatic heterocycles. The Morgan fingerprint density at radius 1 is 0.962 bits per heavy atom. The first-order chi connectivity index (χ1) is 12.1. The number of carbonyl (C=O) groups is 2. The van der Waals surface area contributed by atoms with Gasteiger partial charge in [0.1, 0.15) is 5.82 Å². The molecule has 7 heteroatoms. The van der Waals surface area contributed by atoms with Crippen molar-refractivity contribution in [2.45, 2.75) is 26.1 Å². The van der Waals surface area contributed by atoms with E-state index in [-0.39, 0.29) is 43.0 Å². The summed E-state index contributed by atoms with van der Waals surface area (Å²) in [4.78, 5) is 23.7. The predicted molar refractivity (Wildman–Crippen MR) is 99.2 cm³/mol. The predicted octanol–water partition coefficient (Wildman–Crippen LogP) is 1.83. The molecule has 0 saturated carbocycles. The summed E-state index contributed by atoms with van der Waals surface area (Å²) in [7, 11) is 0. The molecule has 2 amide bonds. The highest BCUT2D eigenvalue weighted by Crippen LogP contribution is 2.16. The van der Waals surface area contributed by atoms with Gasteiger partial charge >= 0.3 is 0 Å². The second kappa shape index (κ2) is 9.31. The molecule has 1 heterocycles. The maximum absolute atomic E-state index is 13.1. The maximum atomic E-state index is 13.1. The Balaban J connectivity index is 0.00000243. The van der Waals surface area contributed by atoms with Crippen LogP contribution in [-0.2, 0) is 35.6 Å². The fourth-order valence-electron chi connectivity index (χ4n) is 2.79. The molecular weight excluding hydrogens is 357 g/mol. The number of nitrogens with one attached hydrogen (secondary N) is 3. The van der Waals surface area contributed by atoms with Crippen molar-refractivity contribution >= 4 is 24.2 Å². The molecule has 0 aliphatic carbocycles. The van der Waals surface area contributed by atoms with Crippen LogP contribution in [0, 0.1) is 5.82 Å². The van der Waals surface area contributed by atoms with Gasteiger partial charge in [0, 0.05) is 19.6 Å². The van der Waals surface area contributed by atoms with Crippen molar-refractivity contribution in [2.24, 2.45) is 0 Å². The molecule has 0 spiro atoms. The molecule has 0 atom stereocenters. The largest absolute Gasteiger partial charge is 0.350 e. The van der Waals surface area contributed by atoms with E-state index in [2.05, 4.69) is 28.1 Å². The second-order valence-electron chi connectivity index (χ2n) is 6.07. The summed E-state index contributed by atoms with van der Waals surface area (Å²) >= 11 is 0. The topological polar surface area (TPSA) is 70.2 Å². The number of hydrogen-bond acceptors (Lipinski definition) is 3. The quantitative estimate of drug-likeness (QED) is 0.719. The molecular formula is C19H21ClFN3O2. The SMILES string of the molecule is Cl.O=C(CNC(=O)Cc1cccc(F)c1)NCc1ccc2c(c1)CNC2. The molecule has 0 fully saturated rings. The summed E-state index contributed by atoms with van der Waals surface area (Å²) in [5.41, 5.74) is 4.15. The molecule has 26 heavy (non-hydrogen) atoms. The van der Waals surface area contributed by atoms with Crippen molar-refractivity contribution in [1.82, 2.24) is 16.0 Å². The van der Waals surface area contributed by atoms with Gasteiger partial charge < -0.3 is 16.0 Å². The van der Waals surface area contributed by atoms with Crippen molar-refractivity contribution in [3.63, 3.8) is 0 Å². The van der Waals surface area contributed by atoms with E-state index >= 15 is 0 Å². The van der Waals surface area contributed by atoms with Crippen LogP contribution in [0.15, 0.2) is 42.5 Å². The van der Waals surface area contributed by atoms with E-state index in [1.54, 1.807) is 12.1 Å². The highest BCUT2D eigenvalue weighted by atomic mass is 35.5. The van der Waals surface area contributed by atoms with Gasteiger partial charge in [-0.1, -0.05) is 30.3 Å².